The first-order valence-electron chi connectivity index (χ1n) is 8.86. The van der Waals surface area contributed by atoms with Gasteiger partial charge in [0.15, 0.2) is 0 Å². The topological polar surface area (TPSA) is 81.7 Å². The van der Waals surface area contributed by atoms with Gasteiger partial charge in [0.25, 0.3) is 5.91 Å². The van der Waals surface area contributed by atoms with Crippen molar-refractivity contribution in [3.8, 4) is 0 Å². The predicted molar refractivity (Wildman–Crippen MR) is 102 cm³/mol. The summed E-state index contributed by atoms with van der Waals surface area (Å²) < 4.78 is 10.4. The maximum absolute atomic E-state index is 12.9. The Labute approximate surface area is 161 Å². The molecule has 0 spiro atoms. The summed E-state index contributed by atoms with van der Waals surface area (Å²) in [6.07, 6.45) is 1.58. The molecule has 7 heteroatoms. The van der Waals surface area contributed by atoms with Gasteiger partial charge in [0.1, 0.15) is 5.00 Å². The average Bonchev–Trinajstić information content (AvgIpc) is 3.21. The minimum atomic E-state index is -1.09. The molecule has 2 aromatic rings. The molecule has 3 rings (SSSR count). The van der Waals surface area contributed by atoms with E-state index in [1.54, 1.807) is 31.2 Å². The average molecular weight is 387 g/mol. The summed E-state index contributed by atoms with van der Waals surface area (Å²) in [6.45, 7) is 3.26. The number of esters is 2. The summed E-state index contributed by atoms with van der Waals surface area (Å²) in [4.78, 5) is 37.9. The van der Waals surface area contributed by atoms with Crippen molar-refractivity contribution in [2.45, 2.75) is 39.2 Å². The molecular weight excluding hydrogens is 366 g/mol. The molecule has 1 aromatic heterocycles. The quantitative estimate of drug-likeness (QED) is 0.765. The molecule has 0 bridgehead atoms. The Hall–Kier alpha value is -2.67. The Bertz CT molecular complexity index is 859. The van der Waals surface area contributed by atoms with E-state index in [-0.39, 0.29) is 6.61 Å². The number of anilines is 1. The molecule has 1 aliphatic carbocycles. The van der Waals surface area contributed by atoms with E-state index in [0.29, 0.717) is 16.1 Å². The van der Waals surface area contributed by atoms with E-state index in [1.165, 1.54) is 18.3 Å². The van der Waals surface area contributed by atoms with Gasteiger partial charge >= 0.3 is 11.9 Å². The lowest BCUT2D eigenvalue weighted by Crippen LogP contribution is -2.25. The van der Waals surface area contributed by atoms with Crippen molar-refractivity contribution in [1.29, 1.82) is 0 Å². The van der Waals surface area contributed by atoms with Crippen LogP contribution >= 0.6 is 11.3 Å². The molecular formula is C20H21NO5S. The van der Waals surface area contributed by atoms with E-state index in [2.05, 4.69) is 5.32 Å². The Morgan fingerprint density at radius 1 is 1.19 bits per heavy atom. The van der Waals surface area contributed by atoms with Gasteiger partial charge in [0.2, 0.25) is 6.10 Å². The number of rotatable bonds is 6. The number of benzene rings is 1. The molecule has 1 aliphatic rings. The fourth-order valence-electron chi connectivity index (χ4n) is 3.16. The molecule has 0 saturated heterocycles. The molecule has 1 amide bonds. The van der Waals surface area contributed by atoms with Gasteiger partial charge in [-0.2, -0.15) is 0 Å². The van der Waals surface area contributed by atoms with Crippen molar-refractivity contribution in [3.63, 3.8) is 0 Å². The Morgan fingerprint density at radius 3 is 2.59 bits per heavy atom. The minimum Gasteiger partial charge on any atom is -0.462 e. The largest absolute Gasteiger partial charge is 0.462 e. The Morgan fingerprint density at radius 2 is 1.93 bits per heavy atom. The van der Waals surface area contributed by atoms with Crippen LogP contribution in [-0.4, -0.2) is 24.5 Å². The summed E-state index contributed by atoms with van der Waals surface area (Å²) in [6, 6.07) is 8.78. The van der Waals surface area contributed by atoms with E-state index in [4.69, 9.17) is 9.47 Å². The summed E-state index contributed by atoms with van der Waals surface area (Å²) in [5.41, 5.74) is 1.95. The number of hydrogen-bond acceptors (Lipinski definition) is 6. The number of fused-ring (bicyclic) bond motifs is 1. The van der Waals surface area contributed by atoms with Crippen LogP contribution in [0.4, 0.5) is 5.00 Å². The first kappa shape index (κ1) is 19.1. The highest BCUT2D eigenvalue weighted by Gasteiger charge is 2.31. The minimum absolute atomic E-state index is 0.261. The molecule has 0 radical (unpaired) electrons. The van der Waals surface area contributed by atoms with Gasteiger partial charge in [0.05, 0.1) is 12.2 Å². The zero-order chi connectivity index (χ0) is 19.4. The second-order valence-electron chi connectivity index (χ2n) is 6.17. The van der Waals surface area contributed by atoms with Crippen molar-refractivity contribution in [3.05, 3.63) is 51.9 Å². The lowest BCUT2D eigenvalue weighted by Gasteiger charge is -2.17. The molecule has 1 heterocycles. The van der Waals surface area contributed by atoms with Crippen molar-refractivity contribution in [2.75, 3.05) is 11.9 Å². The molecule has 0 unspecified atom stereocenters. The van der Waals surface area contributed by atoms with Crippen LogP contribution in [0.5, 0.6) is 0 Å². The molecule has 1 N–H and O–H groups in total. The first-order valence-corrected chi connectivity index (χ1v) is 9.67. The van der Waals surface area contributed by atoms with Crippen LogP contribution in [-0.2, 0) is 31.9 Å². The number of hydrogen-bond donors (Lipinski definition) is 1. The summed E-state index contributed by atoms with van der Waals surface area (Å²) in [5, 5.41) is 3.24. The van der Waals surface area contributed by atoms with Gasteiger partial charge in [-0.05, 0) is 31.7 Å². The number of amides is 1. The third-order valence-electron chi connectivity index (χ3n) is 4.26. The fraction of sp³-hybridized carbons (Fsp3) is 0.350. The summed E-state index contributed by atoms with van der Waals surface area (Å²) >= 11 is 1.39. The van der Waals surface area contributed by atoms with Crippen LogP contribution < -0.4 is 5.32 Å². The third kappa shape index (κ3) is 4.19. The second kappa shape index (κ2) is 8.35. The van der Waals surface area contributed by atoms with Crippen molar-refractivity contribution < 1.29 is 23.9 Å². The zero-order valence-electron chi connectivity index (χ0n) is 15.2. The number of carbonyl (C=O) groups is 3. The van der Waals surface area contributed by atoms with Crippen LogP contribution in [0.25, 0.3) is 0 Å². The molecule has 1 atom stereocenters. The number of carbonyl (C=O) groups excluding carboxylic acids is 3. The SMILES string of the molecule is CCOC(=O)c1c(NC(=O)[C@H](OC(C)=O)c2ccccc2)sc2c1CCC2. The van der Waals surface area contributed by atoms with Gasteiger partial charge in [-0.3, -0.25) is 9.59 Å². The third-order valence-corrected chi connectivity index (χ3v) is 5.47. The molecule has 142 valence electrons. The van der Waals surface area contributed by atoms with Gasteiger partial charge in [-0.25, -0.2) is 4.79 Å². The van der Waals surface area contributed by atoms with Crippen molar-refractivity contribution in [1.82, 2.24) is 0 Å². The van der Waals surface area contributed by atoms with Gasteiger partial charge in [-0.15, -0.1) is 11.3 Å². The van der Waals surface area contributed by atoms with Crippen molar-refractivity contribution in [2.24, 2.45) is 0 Å². The molecule has 1 aromatic carbocycles. The van der Waals surface area contributed by atoms with Gasteiger partial charge in [-0.1, -0.05) is 30.3 Å². The second-order valence-corrected chi connectivity index (χ2v) is 7.28. The highest BCUT2D eigenvalue weighted by atomic mass is 32.1. The van der Waals surface area contributed by atoms with Crippen LogP contribution in [0.15, 0.2) is 30.3 Å². The molecule has 0 aliphatic heterocycles. The van der Waals surface area contributed by atoms with E-state index >= 15 is 0 Å². The smallest absolute Gasteiger partial charge is 0.341 e. The van der Waals surface area contributed by atoms with E-state index < -0.39 is 23.9 Å². The van der Waals surface area contributed by atoms with Gasteiger partial charge in [0, 0.05) is 17.4 Å². The fourth-order valence-corrected chi connectivity index (χ4v) is 4.44. The zero-order valence-corrected chi connectivity index (χ0v) is 16.1. The Balaban J connectivity index is 1.90. The number of aryl methyl sites for hydroxylation is 1. The van der Waals surface area contributed by atoms with Gasteiger partial charge < -0.3 is 14.8 Å². The monoisotopic (exact) mass is 387 g/mol. The van der Waals surface area contributed by atoms with Crippen molar-refractivity contribution >= 4 is 34.2 Å². The molecule has 27 heavy (non-hydrogen) atoms. The summed E-state index contributed by atoms with van der Waals surface area (Å²) in [5.74, 6) is -1.49. The lowest BCUT2D eigenvalue weighted by atomic mass is 10.1. The Kier molecular flexibility index (Phi) is 5.91. The molecule has 0 fully saturated rings. The highest BCUT2D eigenvalue weighted by Crippen LogP contribution is 2.40. The standard InChI is InChI=1S/C20H21NO5S/c1-3-25-20(24)16-14-10-7-11-15(14)27-19(16)21-18(23)17(26-12(2)22)13-8-5-4-6-9-13/h4-6,8-9,17H,3,7,10-11H2,1-2H3,(H,21,23)/t17-/m1/s1. The summed E-state index contributed by atoms with van der Waals surface area (Å²) in [7, 11) is 0. The number of thiophene rings is 1. The molecule has 0 saturated carbocycles. The van der Waals surface area contributed by atoms with Crippen LogP contribution in [0.3, 0.4) is 0 Å². The maximum atomic E-state index is 12.9. The van der Waals surface area contributed by atoms with E-state index in [9.17, 15) is 14.4 Å². The van der Waals surface area contributed by atoms with Crippen LogP contribution in [0.2, 0.25) is 0 Å². The number of nitrogens with one attached hydrogen (secondary N) is 1. The highest BCUT2D eigenvalue weighted by molar-refractivity contribution is 7.17. The maximum Gasteiger partial charge on any atom is 0.341 e. The molecule has 6 nitrogen and oxygen atoms in total. The van der Waals surface area contributed by atoms with Crippen LogP contribution in [0, 0.1) is 0 Å². The first-order chi connectivity index (χ1) is 13.0. The lowest BCUT2D eigenvalue weighted by molar-refractivity contribution is -0.152. The van der Waals surface area contributed by atoms with E-state index in [0.717, 1.165) is 29.7 Å². The van der Waals surface area contributed by atoms with E-state index in [1.807, 2.05) is 6.07 Å². The predicted octanol–water partition coefficient (Wildman–Crippen LogP) is 3.66. The number of ether oxygens (including phenoxy) is 2. The normalized spacial score (nSPS) is 13.6. The van der Waals surface area contributed by atoms with Crippen LogP contribution in [0.1, 0.15) is 52.7 Å².